The summed E-state index contributed by atoms with van der Waals surface area (Å²) in [7, 11) is 0. The van der Waals surface area contributed by atoms with E-state index in [1.165, 1.54) is 6.42 Å². The Hall–Kier alpha value is -2.14. The van der Waals surface area contributed by atoms with Crippen LogP contribution < -0.4 is 4.90 Å². The standard InChI is InChI=1S/C20H22N2O2S/c1-14-7-5-11-17-18(14)21-20(25-17)22(13-16-10-6-12-24-16)19(23)15-8-3-2-4-9-15/h5-7,10-12,15H,2-4,8-9,13H2,1H3. The number of amides is 1. The van der Waals surface area contributed by atoms with Gasteiger partial charge in [-0.1, -0.05) is 42.7 Å². The fourth-order valence-corrected chi connectivity index (χ4v) is 4.61. The van der Waals surface area contributed by atoms with Gasteiger partial charge in [0.25, 0.3) is 0 Å². The molecule has 2 heterocycles. The van der Waals surface area contributed by atoms with Gasteiger partial charge in [-0.3, -0.25) is 9.69 Å². The van der Waals surface area contributed by atoms with Crippen LogP contribution in [0.1, 0.15) is 43.4 Å². The molecule has 1 aliphatic carbocycles. The summed E-state index contributed by atoms with van der Waals surface area (Å²) in [6.45, 7) is 2.51. The van der Waals surface area contributed by atoms with Crippen molar-refractivity contribution in [1.29, 1.82) is 0 Å². The van der Waals surface area contributed by atoms with Crippen LogP contribution in [0.2, 0.25) is 0 Å². The first-order valence-electron chi connectivity index (χ1n) is 8.92. The van der Waals surface area contributed by atoms with Gasteiger partial charge in [0.2, 0.25) is 5.91 Å². The zero-order valence-corrected chi connectivity index (χ0v) is 15.2. The summed E-state index contributed by atoms with van der Waals surface area (Å²) in [5.74, 6) is 1.09. The highest BCUT2D eigenvalue weighted by Crippen LogP contribution is 2.34. The van der Waals surface area contributed by atoms with E-state index in [1.807, 2.05) is 23.1 Å². The molecule has 2 aromatic heterocycles. The summed E-state index contributed by atoms with van der Waals surface area (Å²) in [6.07, 6.45) is 7.14. The number of rotatable bonds is 4. The normalized spacial score (nSPS) is 15.6. The van der Waals surface area contributed by atoms with Gasteiger partial charge in [0.05, 0.1) is 23.0 Å². The average molecular weight is 354 g/mol. The third kappa shape index (κ3) is 3.33. The van der Waals surface area contributed by atoms with Crippen LogP contribution in [0.3, 0.4) is 0 Å². The van der Waals surface area contributed by atoms with E-state index in [-0.39, 0.29) is 11.8 Å². The molecule has 5 heteroatoms. The minimum Gasteiger partial charge on any atom is -0.467 e. The molecular formula is C20H22N2O2S. The Morgan fingerprint density at radius 1 is 1.24 bits per heavy atom. The topological polar surface area (TPSA) is 46.3 Å². The summed E-state index contributed by atoms with van der Waals surface area (Å²) in [5.41, 5.74) is 2.13. The molecular weight excluding hydrogens is 332 g/mol. The van der Waals surface area contributed by atoms with Gasteiger partial charge in [-0.05, 0) is 43.5 Å². The molecule has 25 heavy (non-hydrogen) atoms. The summed E-state index contributed by atoms with van der Waals surface area (Å²) in [4.78, 5) is 19.9. The third-order valence-electron chi connectivity index (χ3n) is 4.95. The minimum atomic E-state index is 0.108. The van der Waals surface area contributed by atoms with E-state index in [0.717, 1.165) is 52.4 Å². The number of nitrogens with zero attached hydrogens (tertiary/aromatic N) is 2. The molecule has 1 aromatic carbocycles. The fraction of sp³-hybridized carbons (Fsp3) is 0.400. The first-order chi connectivity index (χ1) is 12.2. The highest BCUT2D eigenvalue weighted by Gasteiger charge is 2.29. The number of hydrogen-bond acceptors (Lipinski definition) is 4. The first-order valence-corrected chi connectivity index (χ1v) is 9.74. The molecule has 1 amide bonds. The first kappa shape index (κ1) is 16.3. The van der Waals surface area contributed by atoms with Crippen molar-refractivity contribution in [3.05, 3.63) is 47.9 Å². The van der Waals surface area contributed by atoms with E-state index in [9.17, 15) is 4.79 Å². The summed E-state index contributed by atoms with van der Waals surface area (Å²) in [6, 6.07) is 9.95. The number of anilines is 1. The fourth-order valence-electron chi connectivity index (χ4n) is 3.56. The van der Waals surface area contributed by atoms with Gasteiger partial charge in [-0.15, -0.1) is 0 Å². The Labute approximate surface area is 151 Å². The van der Waals surface area contributed by atoms with Crippen molar-refractivity contribution in [2.45, 2.75) is 45.6 Å². The van der Waals surface area contributed by atoms with Crippen LogP contribution in [0, 0.1) is 12.8 Å². The van der Waals surface area contributed by atoms with E-state index < -0.39 is 0 Å². The lowest BCUT2D eigenvalue weighted by molar-refractivity contribution is -0.123. The molecule has 1 aliphatic rings. The second-order valence-corrected chi connectivity index (χ2v) is 7.77. The quantitative estimate of drug-likeness (QED) is 0.638. The van der Waals surface area contributed by atoms with Crippen molar-refractivity contribution in [2.24, 2.45) is 5.92 Å². The zero-order chi connectivity index (χ0) is 17.2. The maximum absolute atomic E-state index is 13.2. The maximum Gasteiger partial charge on any atom is 0.232 e. The zero-order valence-electron chi connectivity index (χ0n) is 14.4. The van der Waals surface area contributed by atoms with Crippen LogP contribution in [-0.2, 0) is 11.3 Å². The van der Waals surface area contributed by atoms with Crippen LogP contribution in [0.4, 0.5) is 5.13 Å². The molecule has 0 unspecified atom stereocenters. The molecule has 0 saturated heterocycles. The van der Waals surface area contributed by atoms with Gasteiger partial charge >= 0.3 is 0 Å². The number of fused-ring (bicyclic) bond motifs is 1. The van der Waals surface area contributed by atoms with Crippen molar-refractivity contribution in [2.75, 3.05) is 4.90 Å². The average Bonchev–Trinajstić information content (AvgIpc) is 3.30. The molecule has 0 radical (unpaired) electrons. The van der Waals surface area contributed by atoms with Crippen molar-refractivity contribution in [3.8, 4) is 0 Å². The van der Waals surface area contributed by atoms with E-state index in [2.05, 4.69) is 19.1 Å². The summed E-state index contributed by atoms with van der Waals surface area (Å²) in [5, 5.41) is 0.774. The Bertz CT molecular complexity index is 863. The van der Waals surface area contributed by atoms with Crippen LogP contribution in [-0.4, -0.2) is 10.9 Å². The second-order valence-electron chi connectivity index (χ2n) is 6.76. The van der Waals surface area contributed by atoms with E-state index >= 15 is 0 Å². The van der Waals surface area contributed by atoms with E-state index in [4.69, 9.17) is 9.40 Å². The summed E-state index contributed by atoms with van der Waals surface area (Å²) >= 11 is 1.59. The number of carbonyl (C=O) groups is 1. The number of aromatic nitrogens is 1. The lowest BCUT2D eigenvalue weighted by atomic mass is 9.88. The number of aryl methyl sites for hydroxylation is 1. The highest BCUT2D eigenvalue weighted by molar-refractivity contribution is 7.22. The molecule has 0 atom stereocenters. The van der Waals surface area contributed by atoms with Crippen molar-refractivity contribution >= 4 is 32.6 Å². The van der Waals surface area contributed by atoms with Crippen molar-refractivity contribution in [3.63, 3.8) is 0 Å². The molecule has 130 valence electrons. The van der Waals surface area contributed by atoms with Crippen LogP contribution in [0.25, 0.3) is 10.2 Å². The Morgan fingerprint density at radius 3 is 2.80 bits per heavy atom. The number of benzene rings is 1. The molecule has 0 aliphatic heterocycles. The number of thiazole rings is 1. The van der Waals surface area contributed by atoms with Gasteiger partial charge in [0, 0.05) is 5.92 Å². The van der Waals surface area contributed by atoms with Crippen LogP contribution >= 0.6 is 11.3 Å². The SMILES string of the molecule is Cc1cccc2sc(N(Cc3ccco3)C(=O)C3CCCCC3)nc12. The highest BCUT2D eigenvalue weighted by atomic mass is 32.1. The Morgan fingerprint density at radius 2 is 2.08 bits per heavy atom. The lowest BCUT2D eigenvalue weighted by Crippen LogP contribution is -2.36. The second kappa shape index (κ2) is 7.00. The molecule has 1 saturated carbocycles. The monoisotopic (exact) mass is 354 g/mol. The van der Waals surface area contributed by atoms with Gasteiger partial charge in [0.15, 0.2) is 5.13 Å². The Kier molecular flexibility index (Phi) is 4.57. The third-order valence-corrected chi connectivity index (χ3v) is 6.00. The van der Waals surface area contributed by atoms with Crippen LogP contribution in [0.15, 0.2) is 41.0 Å². The molecule has 4 nitrogen and oxygen atoms in total. The van der Waals surface area contributed by atoms with Gasteiger partial charge < -0.3 is 4.42 Å². The maximum atomic E-state index is 13.2. The van der Waals surface area contributed by atoms with Gasteiger partial charge in [-0.25, -0.2) is 4.98 Å². The number of carbonyl (C=O) groups excluding carboxylic acids is 1. The van der Waals surface area contributed by atoms with E-state index in [0.29, 0.717) is 6.54 Å². The number of para-hydroxylation sites is 1. The number of furan rings is 1. The molecule has 4 rings (SSSR count). The molecule has 1 fully saturated rings. The van der Waals surface area contributed by atoms with Crippen LogP contribution in [0.5, 0.6) is 0 Å². The van der Waals surface area contributed by atoms with Crippen molar-refractivity contribution < 1.29 is 9.21 Å². The largest absolute Gasteiger partial charge is 0.467 e. The predicted molar refractivity (Wildman–Crippen MR) is 101 cm³/mol. The Balaban J connectivity index is 1.70. The van der Waals surface area contributed by atoms with E-state index in [1.54, 1.807) is 17.6 Å². The van der Waals surface area contributed by atoms with Gasteiger partial charge in [-0.2, -0.15) is 0 Å². The van der Waals surface area contributed by atoms with Crippen molar-refractivity contribution in [1.82, 2.24) is 4.98 Å². The molecule has 3 aromatic rings. The smallest absolute Gasteiger partial charge is 0.232 e. The van der Waals surface area contributed by atoms with Gasteiger partial charge in [0.1, 0.15) is 5.76 Å². The molecule has 0 bridgehead atoms. The molecule has 0 spiro atoms. The molecule has 0 N–H and O–H groups in total. The predicted octanol–water partition coefficient (Wildman–Crippen LogP) is 5.31. The minimum absolute atomic E-state index is 0.108. The number of hydrogen-bond donors (Lipinski definition) is 0. The summed E-state index contributed by atoms with van der Waals surface area (Å²) < 4.78 is 6.62. The lowest BCUT2D eigenvalue weighted by Gasteiger charge is -2.27.